The second kappa shape index (κ2) is 3.65. The van der Waals surface area contributed by atoms with E-state index in [-0.39, 0.29) is 4.21 Å². The number of nitrogens with one attached hydrogen (secondary N) is 1. The van der Waals surface area contributed by atoms with Crippen LogP contribution in [-0.4, -0.2) is 14.3 Å². The average molecular weight is 240 g/mol. The maximum atomic E-state index is 11.3. The molecule has 13 heavy (non-hydrogen) atoms. The lowest BCUT2D eigenvalue weighted by atomic mass is 10.7. The van der Waals surface area contributed by atoms with Gasteiger partial charge in [-0.05, 0) is 12.1 Å². The molecule has 0 radical (unpaired) electrons. The molecule has 0 aliphatic rings. The zero-order valence-electron chi connectivity index (χ0n) is 6.57. The number of hydrogen-bond donors (Lipinski definition) is 1. The summed E-state index contributed by atoms with van der Waals surface area (Å²) in [5, 5.41) is 0. The molecule has 0 aliphatic heterocycles. The molecule has 0 aliphatic carbocycles. The number of rotatable bonds is 2. The van der Waals surface area contributed by atoms with Gasteiger partial charge in [0.15, 0.2) is 0 Å². The first-order valence-electron chi connectivity index (χ1n) is 3.20. The van der Waals surface area contributed by atoms with Crippen LogP contribution in [0.3, 0.4) is 0 Å². The second-order valence-electron chi connectivity index (χ2n) is 2.22. The minimum atomic E-state index is -3.70. The summed E-state index contributed by atoms with van der Waals surface area (Å²) in [6, 6.07) is 2.80. The molecule has 0 saturated heterocycles. The van der Waals surface area contributed by atoms with E-state index in [0.29, 0.717) is 4.34 Å². The van der Waals surface area contributed by atoms with E-state index in [9.17, 15) is 13.2 Å². The Morgan fingerprint density at radius 1 is 1.54 bits per heavy atom. The molecule has 0 atom stereocenters. The third kappa shape index (κ3) is 2.68. The van der Waals surface area contributed by atoms with Gasteiger partial charge in [0.2, 0.25) is 5.91 Å². The Morgan fingerprint density at radius 2 is 2.15 bits per heavy atom. The van der Waals surface area contributed by atoms with E-state index in [1.807, 2.05) is 4.72 Å². The Balaban J connectivity index is 3.01. The fourth-order valence-electron chi connectivity index (χ4n) is 0.682. The van der Waals surface area contributed by atoms with Crippen LogP contribution in [0.15, 0.2) is 16.3 Å². The lowest BCUT2D eigenvalue weighted by Gasteiger charge is -1.99. The van der Waals surface area contributed by atoms with Gasteiger partial charge in [0, 0.05) is 6.92 Å². The molecule has 0 saturated carbocycles. The van der Waals surface area contributed by atoms with Crippen LogP contribution < -0.4 is 4.72 Å². The Bertz CT molecular complexity index is 423. The van der Waals surface area contributed by atoms with Crippen molar-refractivity contribution < 1.29 is 13.2 Å². The molecule has 4 nitrogen and oxygen atoms in total. The molecule has 0 unspecified atom stereocenters. The molecule has 0 spiro atoms. The zero-order valence-corrected chi connectivity index (χ0v) is 8.96. The van der Waals surface area contributed by atoms with Crippen molar-refractivity contribution in [2.24, 2.45) is 0 Å². The number of halogens is 1. The fourth-order valence-corrected chi connectivity index (χ4v) is 3.15. The monoisotopic (exact) mass is 239 g/mol. The Labute approximate surface area is 84.6 Å². The third-order valence-electron chi connectivity index (χ3n) is 1.09. The van der Waals surface area contributed by atoms with Gasteiger partial charge in [0.25, 0.3) is 10.0 Å². The van der Waals surface area contributed by atoms with Crippen LogP contribution in [0.4, 0.5) is 0 Å². The van der Waals surface area contributed by atoms with Gasteiger partial charge in [0.1, 0.15) is 4.21 Å². The first-order chi connectivity index (χ1) is 5.92. The van der Waals surface area contributed by atoms with Crippen molar-refractivity contribution in [3.05, 3.63) is 16.5 Å². The summed E-state index contributed by atoms with van der Waals surface area (Å²) in [5.41, 5.74) is 0. The highest BCUT2D eigenvalue weighted by Crippen LogP contribution is 2.25. The van der Waals surface area contributed by atoms with Gasteiger partial charge in [-0.3, -0.25) is 4.79 Å². The van der Waals surface area contributed by atoms with Crippen molar-refractivity contribution in [1.29, 1.82) is 0 Å². The molecule has 1 aromatic heterocycles. The van der Waals surface area contributed by atoms with Gasteiger partial charge in [-0.25, -0.2) is 13.1 Å². The van der Waals surface area contributed by atoms with Crippen molar-refractivity contribution in [3.63, 3.8) is 0 Å². The number of thiophene rings is 1. The summed E-state index contributed by atoms with van der Waals surface area (Å²) in [5.74, 6) is -0.621. The van der Waals surface area contributed by atoms with Crippen molar-refractivity contribution in [2.75, 3.05) is 0 Å². The zero-order chi connectivity index (χ0) is 10.1. The molecule has 1 N–H and O–H groups in total. The first-order valence-corrected chi connectivity index (χ1v) is 5.88. The molecule has 1 aromatic rings. The van der Waals surface area contributed by atoms with E-state index in [4.69, 9.17) is 11.6 Å². The molecule has 0 aromatic carbocycles. The molecule has 0 fully saturated rings. The smallest absolute Gasteiger partial charge is 0.273 e. The van der Waals surface area contributed by atoms with E-state index < -0.39 is 15.9 Å². The minimum absolute atomic E-state index is 0.0349. The molecular formula is C6H6ClNO3S2. The van der Waals surface area contributed by atoms with Gasteiger partial charge in [-0.15, -0.1) is 11.3 Å². The minimum Gasteiger partial charge on any atom is -0.274 e. The average Bonchev–Trinajstić information content (AvgIpc) is 2.32. The fraction of sp³-hybridized carbons (Fsp3) is 0.167. The van der Waals surface area contributed by atoms with Crippen molar-refractivity contribution in [1.82, 2.24) is 4.72 Å². The molecule has 7 heteroatoms. The van der Waals surface area contributed by atoms with Crippen LogP contribution in [0, 0.1) is 0 Å². The summed E-state index contributed by atoms with van der Waals surface area (Å²) in [4.78, 5) is 10.5. The Hall–Kier alpha value is -0.590. The van der Waals surface area contributed by atoms with Crippen LogP contribution in [0.1, 0.15) is 6.92 Å². The maximum Gasteiger partial charge on any atom is 0.273 e. The lowest BCUT2D eigenvalue weighted by molar-refractivity contribution is -0.117. The van der Waals surface area contributed by atoms with E-state index in [1.54, 1.807) is 0 Å². The van der Waals surface area contributed by atoms with Gasteiger partial charge < -0.3 is 0 Å². The van der Waals surface area contributed by atoms with Gasteiger partial charge >= 0.3 is 0 Å². The topological polar surface area (TPSA) is 63.2 Å². The summed E-state index contributed by atoms with van der Waals surface area (Å²) in [7, 11) is -3.70. The molecule has 1 heterocycles. The molecular weight excluding hydrogens is 234 g/mol. The third-order valence-corrected chi connectivity index (χ3v) is 4.25. The van der Waals surface area contributed by atoms with Crippen LogP contribution in [-0.2, 0) is 14.8 Å². The first kappa shape index (κ1) is 10.5. The number of sulfonamides is 1. The van der Waals surface area contributed by atoms with Gasteiger partial charge in [-0.2, -0.15) is 0 Å². The molecule has 72 valence electrons. The molecule has 1 amide bonds. The highest BCUT2D eigenvalue weighted by atomic mass is 35.5. The Kier molecular flexibility index (Phi) is 2.94. The van der Waals surface area contributed by atoms with E-state index in [0.717, 1.165) is 18.3 Å². The molecule has 0 bridgehead atoms. The standard InChI is InChI=1S/C6H6ClNO3S2/c1-4(9)8-13(10,11)6-3-2-5(7)12-6/h2-3H,1H3,(H,8,9). The van der Waals surface area contributed by atoms with Gasteiger partial charge in [0.05, 0.1) is 4.34 Å². The van der Waals surface area contributed by atoms with Crippen molar-refractivity contribution in [2.45, 2.75) is 11.1 Å². The number of hydrogen-bond acceptors (Lipinski definition) is 4. The van der Waals surface area contributed by atoms with Crippen molar-refractivity contribution >= 4 is 38.9 Å². The normalized spacial score (nSPS) is 11.2. The number of amides is 1. The summed E-state index contributed by atoms with van der Waals surface area (Å²) < 4.78 is 24.8. The Morgan fingerprint density at radius 3 is 2.54 bits per heavy atom. The predicted molar refractivity (Wildman–Crippen MR) is 50.3 cm³/mol. The second-order valence-corrected chi connectivity index (χ2v) is 5.84. The van der Waals surface area contributed by atoms with E-state index in [1.165, 1.54) is 12.1 Å². The van der Waals surface area contributed by atoms with Crippen LogP contribution in [0.25, 0.3) is 0 Å². The molecule has 1 rings (SSSR count). The summed E-state index contributed by atoms with van der Waals surface area (Å²) >= 11 is 6.44. The van der Waals surface area contributed by atoms with Crippen LogP contribution in [0.2, 0.25) is 4.34 Å². The van der Waals surface area contributed by atoms with Crippen molar-refractivity contribution in [3.8, 4) is 0 Å². The maximum absolute atomic E-state index is 11.3. The predicted octanol–water partition coefficient (Wildman–Crippen LogP) is 1.23. The highest BCUT2D eigenvalue weighted by molar-refractivity contribution is 7.92. The van der Waals surface area contributed by atoms with E-state index >= 15 is 0 Å². The number of carbonyl (C=O) groups excluding carboxylic acids is 1. The summed E-state index contributed by atoms with van der Waals surface area (Å²) in [6.45, 7) is 1.13. The number of carbonyl (C=O) groups is 1. The van der Waals surface area contributed by atoms with Crippen LogP contribution in [0.5, 0.6) is 0 Å². The van der Waals surface area contributed by atoms with Crippen LogP contribution >= 0.6 is 22.9 Å². The summed E-state index contributed by atoms with van der Waals surface area (Å²) in [6.07, 6.45) is 0. The lowest BCUT2D eigenvalue weighted by Crippen LogP contribution is -2.27. The largest absolute Gasteiger partial charge is 0.274 e. The van der Waals surface area contributed by atoms with E-state index in [2.05, 4.69) is 0 Å². The van der Waals surface area contributed by atoms with Gasteiger partial charge in [-0.1, -0.05) is 11.6 Å². The SMILES string of the molecule is CC(=O)NS(=O)(=O)c1ccc(Cl)s1. The quantitative estimate of drug-likeness (QED) is 0.844. The highest BCUT2D eigenvalue weighted by Gasteiger charge is 2.17.